The van der Waals surface area contributed by atoms with Gasteiger partial charge in [0, 0.05) is 11.7 Å². The summed E-state index contributed by atoms with van der Waals surface area (Å²) < 4.78 is 51.0. The summed E-state index contributed by atoms with van der Waals surface area (Å²) in [5, 5.41) is 5.46. The van der Waals surface area contributed by atoms with Gasteiger partial charge in [-0.2, -0.15) is 0 Å². The first kappa shape index (κ1) is 23.2. The van der Waals surface area contributed by atoms with Crippen molar-refractivity contribution in [3.05, 3.63) is 54.1 Å². The predicted octanol–water partition coefficient (Wildman–Crippen LogP) is 4.88. The Morgan fingerprint density at radius 1 is 0.906 bits per heavy atom. The minimum absolute atomic E-state index is 0.00117. The number of hydrogen-bond acceptors (Lipinski definition) is 5. The summed E-state index contributed by atoms with van der Waals surface area (Å²) in [7, 11) is 1.32. The summed E-state index contributed by atoms with van der Waals surface area (Å²) in [6.07, 6.45) is -1.84. The van der Waals surface area contributed by atoms with Crippen LogP contribution in [0.3, 0.4) is 0 Å². The average Bonchev–Trinajstić information content (AvgIpc) is 2.75. The van der Waals surface area contributed by atoms with Crippen LogP contribution < -0.4 is 20.1 Å². The fourth-order valence-electron chi connectivity index (χ4n) is 3.40. The number of carbonyl (C=O) groups excluding carboxylic acids is 2. The molecule has 1 aliphatic carbocycles. The van der Waals surface area contributed by atoms with Gasteiger partial charge in [0.05, 0.1) is 18.8 Å². The van der Waals surface area contributed by atoms with Gasteiger partial charge in [0.1, 0.15) is 11.5 Å². The summed E-state index contributed by atoms with van der Waals surface area (Å²) in [5.41, 5.74) is 0.797. The van der Waals surface area contributed by atoms with Crippen LogP contribution >= 0.6 is 0 Å². The Morgan fingerprint density at radius 3 is 2.06 bits per heavy atom. The lowest BCUT2D eigenvalue weighted by Crippen LogP contribution is -2.41. The highest BCUT2D eigenvalue weighted by Crippen LogP contribution is 2.26. The van der Waals surface area contributed by atoms with E-state index < -0.39 is 18.4 Å². The van der Waals surface area contributed by atoms with Crippen LogP contribution in [0, 0.1) is 0 Å². The molecule has 0 saturated heterocycles. The summed E-state index contributed by atoms with van der Waals surface area (Å²) >= 11 is 0. The molecular weight excluding hydrogens is 429 g/mol. The van der Waals surface area contributed by atoms with E-state index in [9.17, 15) is 22.8 Å². The van der Waals surface area contributed by atoms with E-state index in [-0.39, 0.29) is 17.9 Å². The average molecular weight is 452 g/mol. The van der Waals surface area contributed by atoms with Crippen molar-refractivity contribution in [2.75, 3.05) is 12.4 Å². The largest absolute Gasteiger partial charge is 0.573 e. The van der Waals surface area contributed by atoms with Gasteiger partial charge in [-0.3, -0.25) is 0 Å². The lowest BCUT2D eigenvalue weighted by molar-refractivity contribution is -0.274. The third-order valence-electron chi connectivity index (χ3n) is 4.93. The van der Waals surface area contributed by atoms with Gasteiger partial charge >= 0.3 is 18.4 Å². The number of rotatable bonds is 6. The number of esters is 1. The zero-order valence-corrected chi connectivity index (χ0v) is 17.3. The van der Waals surface area contributed by atoms with Crippen LogP contribution in [0.2, 0.25) is 0 Å². The molecule has 1 aliphatic rings. The van der Waals surface area contributed by atoms with E-state index in [1.54, 1.807) is 24.3 Å². The maximum Gasteiger partial charge on any atom is 0.573 e. The number of methoxy groups -OCH3 is 1. The topological polar surface area (TPSA) is 85.9 Å². The van der Waals surface area contributed by atoms with Gasteiger partial charge in [0.2, 0.25) is 0 Å². The zero-order valence-electron chi connectivity index (χ0n) is 17.3. The molecule has 1 saturated carbocycles. The molecule has 2 N–H and O–H groups in total. The number of amides is 2. The Hall–Kier alpha value is -3.43. The quantitative estimate of drug-likeness (QED) is 0.610. The highest BCUT2D eigenvalue weighted by atomic mass is 19.4. The van der Waals surface area contributed by atoms with Crippen molar-refractivity contribution >= 4 is 17.7 Å². The van der Waals surface area contributed by atoms with E-state index in [1.165, 1.54) is 19.2 Å². The van der Waals surface area contributed by atoms with E-state index in [4.69, 9.17) is 4.74 Å². The molecule has 7 nitrogen and oxygen atoms in total. The second kappa shape index (κ2) is 10.3. The highest BCUT2D eigenvalue weighted by Gasteiger charge is 2.31. The first-order valence-corrected chi connectivity index (χ1v) is 10.0. The number of carbonyl (C=O) groups is 2. The Kier molecular flexibility index (Phi) is 7.45. The molecule has 2 amide bonds. The number of ether oxygens (including phenoxy) is 3. The molecule has 2 aromatic carbocycles. The third-order valence-corrected chi connectivity index (χ3v) is 4.93. The standard InChI is InChI=1S/C22H23F3N2O5/c1-30-20(28)14-2-8-17(9-3-14)31-18-10-4-15(5-11-18)26-21(29)27-16-6-12-19(13-7-16)32-22(23,24)25/h2-3,6-9,12-13,15,18H,4-5,10-11H2,1H3,(H2,26,27,29). The number of hydrogen-bond donors (Lipinski definition) is 2. The molecule has 1 fully saturated rings. The highest BCUT2D eigenvalue weighted by molar-refractivity contribution is 5.89. The molecular formula is C22H23F3N2O5. The lowest BCUT2D eigenvalue weighted by Gasteiger charge is -2.29. The van der Waals surface area contributed by atoms with Gasteiger partial charge in [-0.25, -0.2) is 9.59 Å². The number of nitrogens with one attached hydrogen (secondary N) is 2. The van der Waals surface area contributed by atoms with E-state index in [1.807, 2.05) is 0 Å². The third kappa shape index (κ3) is 7.07. The van der Waals surface area contributed by atoms with Crippen LogP contribution in [-0.4, -0.2) is 37.6 Å². The molecule has 0 atom stereocenters. The lowest BCUT2D eigenvalue weighted by atomic mass is 9.93. The zero-order chi connectivity index (χ0) is 23.1. The second-order valence-corrected chi connectivity index (χ2v) is 7.28. The molecule has 0 aliphatic heterocycles. The fraction of sp³-hybridized carbons (Fsp3) is 0.364. The van der Waals surface area contributed by atoms with Crippen LogP contribution in [0.25, 0.3) is 0 Å². The van der Waals surface area contributed by atoms with E-state index in [0.717, 1.165) is 37.8 Å². The monoisotopic (exact) mass is 452 g/mol. The molecule has 0 radical (unpaired) electrons. The Bertz CT molecular complexity index is 909. The Balaban J connectivity index is 1.40. The maximum absolute atomic E-state index is 12.2. The van der Waals surface area contributed by atoms with Crippen LogP contribution in [-0.2, 0) is 4.74 Å². The molecule has 2 aromatic rings. The number of halogens is 3. The molecule has 3 rings (SSSR count). The van der Waals surface area contributed by atoms with Gasteiger partial charge in [0.15, 0.2) is 0 Å². The SMILES string of the molecule is COC(=O)c1ccc(OC2CCC(NC(=O)Nc3ccc(OC(F)(F)F)cc3)CC2)cc1. The molecule has 0 spiro atoms. The summed E-state index contributed by atoms with van der Waals surface area (Å²) in [6, 6.07) is 11.2. The van der Waals surface area contributed by atoms with Crippen molar-refractivity contribution in [3.63, 3.8) is 0 Å². The first-order valence-electron chi connectivity index (χ1n) is 10.0. The van der Waals surface area contributed by atoms with Gasteiger partial charge in [-0.1, -0.05) is 0 Å². The minimum Gasteiger partial charge on any atom is -0.490 e. The number of alkyl halides is 3. The first-order chi connectivity index (χ1) is 15.2. The summed E-state index contributed by atoms with van der Waals surface area (Å²) in [5.74, 6) is -0.113. The molecule has 10 heteroatoms. The number of benzene rings is 2. The predicted molar refractivity (Wildman–Crippen MR) is 110 cm³/mol. The van der Waals surface area contributed by atoms with Crippen LogP contribution in [0.1, 0.15) is 36.0 Å². The molecule has 0 heterocycles. The molecule has 0 bridgehead atoms. The van der Waals surface area contributed by atoms with E-state index in [0.29, 0.717) is 17.0 Å². The van der Waals surface area contributed by atoms with Gasteiger partial charge in [0.25, 0.3) is 0 Å². The maximum atomic E-state index is 12.2. The van der Waals surface area contributed by atoms with Crippen molar-refractivity contribution in [2.45, 2.75) is 44.2 Å². The summed E-state index contributed by atoms with van der Waals surface area (Å²) in [6.45, 7) is 0. The van der Waals surface area contributed by atoms with E-state index >= 15 is 0 Å². The van der Waals surface area contributed by atoms with Crippen molar-refractivity contribution < 1.29 is 37.0 Å². The van der Waals surface area contributed by atoms with Crippen molar-refractivity contribution in [1.82, 2.24) is 5.32 Å². The van der Waals surface area contributed by atoms with Gasteiger partial charge < -0.3 is 24.8 Å². The van der Waals surface area contributed by atoms with Crippen molar-refractivity contribution in [1.29, 1.82) is 0 Å². The van der Waals surface area contributed by atoms with Crippen molar-refractivity contribution in [2.24, 2.45) is 0 Å². The fourth-order valence-corrected chi connectivity index (χ4v) is 3.40. The molecule has 0 aromatic heterocycles. The smallest absolute Gasteiger partial charge is 0.490 e. The Morgan fingerprint density at radius 2 is 1.50 bits per heavy atom. The molecule has 172 valence electrons. The summed E-state index contributed by atoms with van der Waals surface area (Å²) in [4.78, 5) is 23.6. The van der Waals surface area contributed by atoms with Crippen LogP contribution in [0.4, 0.5) is 23.7 Å². The van der Waals surface area contributed by atoms with Crippen LogP contribution in [0.15, 0.2) is 48.5 Å². The number of urea groups is 1. The second-order valence-electron chi connectivity index (χ2n) is 7.28. The molecule has 32 heavy (non-hydrogen) atoms. The van der Waals surface area contributed by atoms with E-state index in [2.05, 4.69) is 20.1 Å². The van der Waals surface area contributed by atoms with Gasteiger partial charge in [-0.15, -0.1) is 13.2 Å². The normalized spacial score (nSPS) is 18.4. The Labute approximate surface area is 182 Å². The van der Waals surface area contributed by atoms with Gasteiger partial charge in [-0.05, 0) is 74.2 Å². The van der Waals surface area contributed by atoms with Crippen LogP contribution in [0.5, 0.6) is 11.5 Å². The van der Waals surface area contributed by atoms with Crippen molar-refractivity contribution in [3.8, 4) is 11.5 Å². The number of anilines is 1. The molecule has 0 unspecified atom stereocenters. The minimum atomic E-state index is -4.76.